The van der Waals surface area contributed by atoms with E-state index in [1.807, 2.05) is 49.4 Å². The maximum atomic E-state index is 12.4. The molecule has 3 aromatic rings. The highest BCUT2D eigenvalue weighted by molar-refractivity contribution is 5.81. The molecule has 0 unspecified atom stereocenters. The zero-order valence-electron chi connectivity index (χ0n) is 15.2. The Hall–Kier alpha value is -3.08. The number of fused-ring (bicyclic) bond motifs is 2. The Balaban J connectivity index is 1.47. The third-order valence-corrected chi connectivity index (χ3v) is 5.04. The number of hydrogen-bond acceptors (Lipinski definition) is 5. The molecule has 5 nitrogen and oxygen atoms in total. The highest BCUT2D eigenvalue weighted by atomic mass is 16.5. The molecule has 0 amide bonds. The van der Waals surface area contributed by atoms with Gasteiger partial charge in [0.1, 0.15) is 12.2 Å². The first kappa shape index (κ1) is 17.3. The first-order valence-electron chi connectivity index (χ1n) is 9.18. The first-order valence-corrected chi connectivity index (χ1v) is 9.18. The third-order valence-electron chi connectivity index (χ3n) is 5.04. The van der Waals surface area contributed by atoms with Gasteiger partial charge in [-0.3, -0.25) is 4.79 Å². The van der Waals surface area contributed by atoms with E-state index in [1.165, 1.54) is 6.07 Å². The monoisotopic (exact) mass is 363 g/mol. The summed E-state index contributed by atoms with van der Waals surface area (Å²) in [5, 5.41) is 4.11. The van der Waals surface area contributed by atoms with Gasteiger partial charge < -0.3 is 14.5 Å². The van der Waals surface area contributed by atoms with Gasteiger partial charge in [-0.05, 0) is 29.7 Å². The second-order valence-electron chi connectivity index (χ2n) is 6.80. The minimum atomic E-state index is -0.435. The van der Waals surface area contributed by atoms with Crippen LogP contribution in [0.2, 0.25) is 0 Å². The summed E-state index contributed by atoms with van der Waals surface area (Å²) in [7, 11) is 0. The standard InChI is InChI=1S/C22H21NO4/c1-2-14-7-8-18-16(11-22(25)27-20(18)9-14)13-26-21(24)10-15-12-23-19-6-4-3-5-17(15)19/h3-9,11,15,23H,2,10,12-13H2,1H3/t15-/m1/s1. The van der Waals surface area contributed by atoms with Crippen LogP contribution < -0.4 is 10.9 Å². The molecule has 0 saturated heterocycles. The molecule has 0 radical (unpaired) electrons. The quantitative estimate of drug-likeness (QED) is 0.548. The Morgan fingerprint density at radius 3 is 2.93 bits per heavy atom. The van der Waals surface area contributed by atoms with E-state index >= 15 is 0 Å². The van der Waals surface area contributed by atoms with Crippen LogP contribution in [-0.4, -0.2) is 12.5 Å². The molecule has 4 rings (SSSR count). The number of rotatable bonds is 5. The lowest BCUT2D eigenvalue weighted by Gasteiger charge is -2.11. The van der Waals surface area contributed by atoms with E-state index in [2.05, 4.69) is 5.32 Å². The van der Waals surface area contributed by atoms with E-state index in [0.717, 1.165) is 35.2 Å². The van der Waals surface area contributed by atoms with Gasteiger partial charge in [0.25, 0.3) is 0 Å². The maximum absolute atomic E-state index is 12.4. The van der Waals surface area contributed by atoms with Crippen LogP contribution >= 0.6 is 0 Å². The summed E-state index contributed by atoms with van der Waals surface area (Å²) in [6.45, 7) is 2.83. The molecule has 5 heteroatoms. The lowest BCUT2D eigenvalue weighted by molar-refractivity contribution is -0.145. The highest BCUT2D eigenvalue weighted by Crippen LogP contribution is 2.33. The summed E-state index contributed by atoms with van der Waals surface area (Å²) in [6.07, 6.45) is 1.17. The molecule has 1 atom stereocenters. The van der Waals surface area contributed by atoms with Crippen LogP contribution in [0.5, 0.6) is 0 Å². The van der Waals surface area contributed by atoms with Crippen molar-refractivity contribution in [1.29, 1.82) is 0 Å². The predicted molar refractivity (Wildman–Crippen MR) is 104 cm³/mol. The van der Waals surface area contributed by atoms with Gasteiger partial charge >= 0.3 is 11.6 Å². The molecule has 2 aromatic carbocycles. The average Bonchev–Trinajstić information content (AvgIpc) is 3.08. The number of carbonyl (C=O) groups is 1. The Labute approximate surface area is 157 Å². The van der Waals surface area contributed by atoms with Gasteiger partial charge in [-0.25, -0.2) is 4.79 Å². The van der Waals surface area contributed by atoms with Gasteiger partial charge in [0, 0.05) is 35.2 Å². The predicted octanol–water partition coefficient (Wildman–Crippen LogP) is 4.00. The summed E-state index contributed by atoms with van der Waals surface area (Å²) < 4.78 is 10.8. The molecule has 1 aliphatic heterocycles. The number of benzene rings is 2. The molecule has 1 aromatic heterocycles. The lowest BCUT2D eigenvalue weighted by atomic mass is 9.98. The molecule has 138 valence electrons. The summed E-state index contributed by atoms with van der Waals surface area (Å²) >= 11 is 0. The second-order valence-corrected chi connectivity index (χ2v) is 6.80. The minimum Gasteiger partial charge on any atom is -0.461 e. The number of carbonyl (C=O) groups excluding carboxylic acids is 1. The molecule has 0 spiro atoms. The van der Waals surface area contributed by atoms with Crippen molar-refractivity contribution in [1.82, 2.24) is 0 Å². The second kappa shape index (κ2) is 7.27. The van der Waals surface area contributed by atoms with Gasteiger partial charge in [-0.15, -0.1) is 0 Å². The number of nitrogens with one attached hydrogen (secondary N) is 1. The maximum Gasteiger partial charge on any atom is 0.336 e. The number of esters is 1. The van der Waals surface area contributed by atoms with E-state index in [4.69, 9.17) is 9.15 Å². The van der Waals surface area contributed by atoms with Gasteiger partial charge in [0.15, 0.2) is 0 Å². The molecular weight excluding hydrogens is 342 g/mol. The molecule has 0 saturated carbocycles. The fourth-order valence-corrected chi connectivity index (χ4v) is 3.57. The fourth-order valence-electron chi connectivity index (χ4n) is 3.57. The summed E-state index contributed by atoms with van der Waals surface area (Å²) in [5.41, 5.74) is 4.08. The molecule has 27 heavy (non-hydrogen) atoms. The van der Waals surface area contributed by atoms with E-state index < -0.39 is 5.63 Å². The normalized spacial score (nSPS) is 15.4. The molecule has 0 fully saturated rings. The van der Waals surface area contributed by atoms with Crippen molar-refractivity contribution in [2.45, 2.75) is 32.3 Å². The SMILES string of the molecule is CCc1ccc2c(COC(=O)C[C@@H]3CNc4ccccc43)cc(=O)oc2c1. The fraction of sp³-hybridized carbons (Fsp3) is 0.273. The van der Waals surface area contributed by atoms with Crippen molar-refractivity contribution >= 4 is 22.6 Å². The van der Waals surface area contributed by atoms with Crippen molar-refractivity contribution in [2.75, 3.05) is 11.9 Å². The number of hydrogen-bond donors (Lipinski definition) is 1. The van der Waals surface area contributed by atoms with Crippen molar-refractivity contribution in [3.05, 3.63) is 75.6 Å². The highest BCUT2D eigenvalue weighted by Gasteiger charge is 2.24. The summed E-state index contributed by atoms with van der Waals surface area (Å²) in [5.74, 6) is -0.163. The number of aryl methyl sites for hydroxylation is 1. The Kier molecular flexibility index (Phi) is 4.67. The summed E-state index contributed by atoms with van der Waals surface area (Å²) in [4.78, 5) is 24.2. The van der Waals surface area contributed by atoms with Crippen molar-refractivity contribution in [3.63, 3.8) is 0 Å². The van der Waals surface area contributed by atoms with Crippen LogP contribution in [0.25, 0.3) is 11.0 Å². The van der Waals surface area contributed by atoms with E-state index in [0.29, 0.717) is 17.6 Å². The Morgan fingerprint density at radius 2 is 2.07 bits per heavy atom. The molecule has 1 aliphatic rings. The molecular formula is C22H21NO4. The van der Waals surface area contributed by atoms with Crippen LogP contribution in [0.4, 0.5) is 5.69 Å². The van der Waals surface area contributed by atoms with Crippen LogP contribution in [0, 0.1) is 0 Å². The van der Waals surface area contributed by atoms with Gasteiger partial charge in [0.2, 0.25) is 0 Å². The lowest BCUT2D eigenvalue weighted by Crippen LogP contribution is -2.13. The van der Waals surface area contributed by atoms with Crippen LogP contribution in [0.1, 0.15) is 36.0 Å². The number of anilines is 1. The molecule has 0 bridgehead atoms. The van der Waals surface area contributed by atoms with Crippen molar-refractivity contribution < 1.29 is 13.9 Å². The molecule has 0 aliphatic carbocycles. The third kappa shape index (κ3) is 3.58. The van der Waals surface area contributed by atoms with Gasteiger partial charge in [-0.2, -0.15) is 0 Å². The smallest absolute Gasteiger partial charge is 0.336 e. The molecule has 2 heterocycles. The first-order chi connectivity index (χ1) is 13.1. The zero-order valence-corrected chi connectivity index (χ0v) is 15.2. The van der Waals surface area contributed by atoms with E-state index in [1.54, 1.807) is 0 Å². The van der Waals surface area contributed by atoms with Gasteiger partial charge in [0.05, 0.1) is 6.42 Å². The Morgan fingerprint density at radius 1 is 1.22 bits per heavy atom. The Bertz CT molecular complexity index is 1050. The van der Waals surface area contributed by atoms with Crippen LogP contribution in [-0.2, 0) is 22.6 Å². The van der Waals surface area contributed by atoms with Crippen LogP contribution in [0.3, 0.4) is 0 Å². The summed E-state index contributed by atoms with van der Waals surface area (Å²) in [6, 6.07) is 15.2. The minimum absolute atomic E-state index is 0.0637. The van der Waals surface area contributed by atoms with Crippen LogP contribution in [0.15, 0.2) is 57.7 Å². The number of para-hydroxylation sites is 1. The van der Waals surface area contributed by atoms with E-state index in [9.17, 15) is 9.59 Å². The van der Waals surface area contributed by atoms with Crippen molar-refractivity contribution in [2.24, 2.45) is 0 Å². The van der Waals surface area contributed by atoms with E-state index in [-0.39, 0.29) is 18.5 Å². The number of ether oxygens (including phenoxy) is 1. The molecule has 1 N–H and O–H groups in total. The van der Waals surface area contributed by atoms with Crippen molar-refractivity contribution in [3.8, 4) is 0 Å². The zero-order chi connectivity index (χ0) is 18.8. The van der Waals surface area contributed by atoms with Gasteiger partial charge in [-0.1, -0.05) is 37.3 Å². The topological polar surface area (TPSA) is 68.5 Å². The average molecular weight is 363 g/mol. The largest absolute Gasteiger partial charge is 0.461 e.